The Hall–Kier alpha value is -1.11. The van der Waals surface area contributed by atoms with Gasteiger partial charge in [0, 0.05) is 16.9 Å². The average Bonchev–Trinajstić information content (AvgIpc) is 2.18. The third-order valence-corrected chi connectivity index (χ3v) is 1.93. The van der Waals surface area contributed by atoms with Crippen LogP contribution in [0, 0.1) is 0 Å². The Morgan fingerprint density at radius 3 is 2.86 bits per heavy atom. The minimum absolute atomic E-state index is 0.232. The number of aliphatic hydroxyl groups is 1. The van der Waals surface area contributed by atoms with Crippen molar-refractivity contribution in [3.8, 4) is 0 Å². The van der Waals surface area contributed by atoms with Crippen LogP contribution in [0.5, 0.6) is 0 Å². The van der Waals surface area contributed by atoms with Crippen molar-refractivity contribution < 1.29 is 5.11 Å². The summed E-state index contributed by atoms with van der Waals surface area (Å²) in [6.45, 7) is -0.232. The first-order chi connectivity index (χ1) is 6.63. The molecular weight excluding hydrogens is 248 g/mol. The van der Waals surface area contributed by atoms with Crippen LogP contribution in [0.1, 0.15) is 0 Å². The van der Waals surface area contributed by atoms with Crippen molar-refractivity contribution >= 4 is 21.7 Å². The van der Waals surface area contributed by atoms with Gasteiger partial charge in [-0.3, -0.25) is 5.01 Å². The number of anilines is 1. The summed E-state index contributed by atoms with van der Waals surface area (Å²) in [5, 5.41) is 9.92. The molecule has 0 saturated heterocycles. The van der Waals surface area contributed by atoms with Gasteiger partial charge in [0.2, 0.25) is 0 Å². The fourth-order valence-electron chi connectivity index (χ4n) is 0.806. The van der Waals surface area contributed by atoms with Crippen molar-refractivity contribution in [1.29, 1.82) is 0 Å². The Morgan fingerprint density at radius 1 is 1.64 bits per heavy atom. The number of aliphatic hydroxyl groups excluding tert-OH is 1. The van der Waals surface area contributed by atoms with Crippen LogP contribution < -0.4 is 16.6 Å². The van der Waals surface area contributed by atoms with Gasteiger partial charge in [-0.25, -0.2) is 10.8 Å². The van der Waals surface area contributed by atoms with Crippen LogP contribution in [0.3, 0.4) is 0 Å². The highest BCUT2D eigenvalue weighted by atomic mass is 79.9. The lowest BCUT2D eigenvalue weighted by Crippen LogP contribution is -2.27. The number of hydrogen-bond donors (Lipinski definition) is 3. The molecule has 1 aromatic heterocycles. The van der Waals surface area contributed by atoms with E-state index in [1.165, 1.54) is 11.2 Å². The normalized spacial score (nSPS) is 11.5. The molecule has 0 unspecified atom stereocenters. The maximum Gasteiger partial charge on any atom is 0.146 e. The van der Waals surface area contributed by atoms with Gasteiger partial charge in [-0.05, 0) is 28.1 Å². The third-order valence-electron chi connectivity index (χ3n) is 1.46. The molecular formula is C8H11BrN4O. The van der Waals surface area contributed by atoms with E-state index in [0.29, 0.717) is 5.82 Å². The van der Waals surface area contributed by atoms with Gasteiger partial charge in [-0.2, -0.15) is 0 Å². The molecule has 0 spiro atoms. The lowest BCUT2D eigenvalue weighted by molar-refractivity contribution is 0.329. The van der Waals surface area contributed by atoms with Gasteiger partial charge in [0.05, 0.1) is 12.3 Å². The highest BCUT2D eigenvalue weighted by molar-refractivity contribution is 9.10. The molecule has 14 heavy (non-hydrogen) atoms. The van der Waals surface area contributed by atoms with E-state index in [4.69, 9.17) is 16.7 Å². The van der Waals surface area contributed by atoms with Gasteiger partial charge in [0.1, 0.15) is 5.82 Å². The summed E-state index contributed by atoms with van der Waals surface area (Å²) in [7, 11) is 0. The van der Waals surface area contributed by atoms with Crippen LogP contribution in [-0.4, -0.2) is 16.7 Å². The number of hydrogen-bond acceptors (Lipinski definition) is 5. The maximum absolute atomic E-state index is 8.67. The van der Waals surface area contributed by atoms with E-state index in [9.17, 15) is 0 Å². The largest absolute Gasteiger partial charge is 0.399 e. The van der Waals surface area contributed by atoms with Crippen molar-refractivity contribution in [3.63, 3.8) is 0 Å². The van der Waals surface area contributed by atoms with Crippen molar-refractivity contribution in [3.05, 3.63) is 34.7 Å². The first-order valence-corrected chi connectivity index (χ1v) is 4.65. The quantitative estimate of drug-likeness (QED) is 0.537. The molecule has 0 atom stereocenters. The number of pyridine rings is 1. The molecule has 0 radical (unpaired) electrons. The van der Waals surface area contributed by atoms with Gasteiger partial charge in [0.25, 0.3) is 0 Å². The summed E-state index contributed by atoms with van der Waals surface area (Å²) in [5.41, 5.74) is 5.67. The Bertz CT molecular complexity index is 325. The Balaban J connectivity index is 2.79. The summed E-state index contributed by atoms with van der Waals surface area (Å²) < 4.78 is 0.869. The summed E-state index contributed by atoms with van der Waals surface area (Å²) in [4.78, 5) is 4.04. The predicted molar refractivity (Wildman–Crippen MR) is 58.0 cm³/mol. The zero-order valence-corrected chi connectivity index (χ0v) is 8.98. The van der Waals surface area contributed by atoms with Gasteiger partial charge in [-0.15, -0.1) is 0 Å². The highest BCUT2D eigenvalue weighted by Gasteiger charge is 1.99. The molecule has 0 aliphatic heterocycles. The second-order valence-corrected chi connectivity index (χ2v) is 3.52. The number of aromatic nitrogens is 1. The van der Waals surface area contributed by atoms with E-state index in [1.54, 1.807) is 12.3 Å². The van der Waals surface area contributed by atoms with Crippen LogP contribution in [-0.2, 0) is 0 Å². The van der Waals surface area contributed by atoms with E-state index in [-0.39, 0.29) is 12.3 Å². The van der Waals surface area contributed by atoms with E-state index in [1.807, 2.05) is 6.07 Å². The molecule has 1 rings (SSSR count). The number of nitrogens with zero attached hydrogens (tertiary/aromatic N) is 2. The number of rotatable bonds is 3. The van der Waals surface area contributed by atoms with E-state index < -0.39 is 0 Å². The van der Waals surface area contributed by atoms with Gasteiger partial charge >= 0.3 is 0 Å². The molecule has 1 heterocycles. The molecule has 0 aliphatic rings. The van der Waals surface area contributed by atoms with E-state index >= 15 is 0 Å². The van der Waals surface area contributed by atoms with Crippen LogP contribution in [0.4, 0.5) is 5.82 Å². The van der Waals surface area contributed by atoms with Gasteiger partial charge < -0.3 is 10.8 Å². The zero-order chi connectivity index (χ0) is 10.6. The zero-order valence-electron chi connectivity index (χ0n) is 7.39. The smallest absolute Gasteiger partial charge is 0.146 e. The molecule has 0 saturated carbocycles. The molecule has 5 nitrogen and oxygen atoms in total. The lowest BCUT2D eigenvalue weighted by atomic mass is 10.4. The molecule has 6 heteroatoms. The Labute approximate surface area is 90.1 Å². The van der Waals surface area contributed by atoms with Crippen molar-refractivity contribution in [2.24, 2.45) is 11.6 Å². The van der Waals surface area contributed by atoms with Crippen molar-refractivity contribution in [1.82, 2.24) is 4.98 Å². The van der Waals surface area contributed by atoms with Crippen LogP contribution in [0.25, 0.3) is 0 Å². The summed E-state index contributed by atoms with van der Waals surface area (Å²) in [6.07, 6.45) is 3.04. The first kappa shape index (κ1) is 11.0. The number of nitrogens with two attached hydrogens (primary N) is 2. The number of halogens is 1. The molecule has 76 valence electrons. The van der Waals surface area contributed by atoms with Crippen LogP contribution in [0.2, 0.25) is 0 Å². The molecule has 5 N–H and O–H groups in total. The maximum atomic E-state index is 8.67. The van der Waals surface area contributed by atoms with Crippen molar-refractivity contribution in [2.75, 3.05) is 11.6 Å². The lowest BCUT2D eigenvalue weighted by Gasteiger charge is -2.12. The highest BCUT2D eigenvalue weighted by Crippen LogP contribution is 2.12. The van der Waals surface area contributed by atoms with E-state index in [2.05, 4.69) is 20.9 Å². The summed E-state index contributed by atoms with van der Waals surface area (Å²) in [5.74, 6) is 6.16. The topological polar surface area (TPSA) is 88.4 Å². The fraction of sp³-hybridized carbons (Fsp3) is 0.125. The molecule has 0 bridgehead atoms. The summed E-state index contributed by atoms with van der Waals surface area (Å²) in [6, 6.07) is 3.54. The Morgan fingerprint density at radius 2 is 2.36 bits per heavy atom. The monoisotopic (exact) mass is 258 g/mol. The molecule has 1 aromatic rings. The fourth-order valence-corrected chi connectivity index (χ4v) is 1.04. The van der Waals surface area contributed by atoms with Crippen LogP contribution in [0.15, 0.2) is 34.7 Å². The third kappa shape index (κ3) is 2.99. The minimum Gasteiger partial charge on any atom is -0.399 e. The SMILES string of the molecule is N/C(=C\N(N)c1ccc(Br)cn1)CO. The van der Waals surface area contributed by atoms with Gasteiger partial charge in [-0.1, -0.05) is 0 Å². The first-order valence-electron chi connectivity index (χ1n) is 3.86. The average molecular weight is 259 g/mol. The molecule has 0 aromatic carbocycles. The predicted octanol–water partition coefficient (Wildman–Crippen LogP) is 0.317. The Kier molecular flexibility index (Phi) is 3.87. The van der Waals surface area contributed by atoms with E-state index in [0.717, 1.165) is 4.47 Å². The summed E-state index contributed by atoms with van der Waals surface area (Å²) >= 11 is 3.26. The molecule has 0 aliphatic carbocycles. The standard InChI is InChI=1S/C8H11BrN4O/c9-6-1-2-8(12-3-6)13(11)4-7(10)5-14/h1-4,14H,5,10-11H2/b7-4-. The van der Waals surface area contributed by atoms with Gasteiger partial charge in [0.15, 0.2) is 0 Å². The number of hydrazine groups is 1. The minimum atomic E-state index is -0.232. The molecule has 0 fully saturated rings. The van der Waals surface area contributed by atoms with Crippen molar-refractivity contribution in [2.45, 2.75) is 0 Å². The van der Waals surface area contributed by atoms with Crippen LogP contribution >= 0.6 is 15.9 Å². The second kappa shape index (κ2) is 4.94. The second-order valence-electron chi connectivity index (χ2n) is 2.60. The molecule has 0 amide bonds.